The first-order chi connectivity index (χ1) is 7.22. The first kappa shape index (κ1) is 11.1. The van der Waals surface area contributed by atoms with Crippen molar-refractivity contribution in [3.05, 3.63) is 37.1 Å². The van der Waals surface area contributed by atoms with Crippen molar-refractivity contribution in [3.8, 4) is 5.75 Å². The minimum Gasteiger partial charge on any atom is -0.496 e. The average molecular weight is 305 g/mol. The number of ether oxygens (including phenoxy) is 1. The predicted molar refractivity (Wildman–Crippen MR) is 67.0 cm³/mol. The van der Waals surface area contributed by atoms with Gasteiger partial charge in [0.05, 0.1) is 7.11 Å². The lowest BCUT2D eigenvalue weighted by molar-refractivity contribution is 0.223. The number of halogens is 1. The summed E-state index contributed by atoms with van der Waals surface area (Å²) in [4.78, 5) is 0.894. The van der Waals surface area contributed by atoms with Gasteiger partial charge in [0.25, 0.3) is 0 Å². The maximum atomic E-state index is 10.1. The Morgan fingerprint density at radius 1 is 1.40 bits per heavy atom. The molecule has 0 radical (unpaired) electrons. The van der Waals surface area contributed by atoms with Gasteiger partial charge >= 0.3 is 0 Å². The number of aliphatic hydroxyl groups is 1. The van der Waals surface area contributed by atoms with Gasteiger partial charge in [0.1, 0.15) is 11.9 Å². The lowest BCUT2D eigenvalue weighted by atomic mass is 10.2. The maximum absolute atomic E-state index is 10.1. The summed E-state index contributed by atoms with van der Waals surface area (Å²) in [6.07, 6.45) is -0.570. The second-order valence-electron chi connectivity index (χ2n) is 2.97. The monoisotopic (exact) mass is 304 g/mol. The van der Waals surface area contributed by atoms with E-state index in [4.69, 9.17) is 4.74 Å². The molecular weight excluding hydrogens is 296 g/mol. The molecule has 0 aliphatic carbocycles. The van der Waals surface area contributed by atoms with Gasteiger partial charge in [0.2, 0.25) is 0 Å². The highest BCUT2D eigenvalue weighted by molar-refractivity contribution is 9.10. The Morgan fingerprint density at radius 2 is 2.20 bits per heavy atom. The van der Waals surface area contributed by atoms with Crippen LogP contribution >= 0.6 is 38.6 Å². The zero-order valence-corrected chi connectivity index (χ0v) is 11.2. The largest absolute Gasteiger partial charge is 0.496 e. The third-order valence-corrected chi connectivity index (χ3v) is 4.75. The summed E-state index contributed by atoms with van der Waals surface area (Å²) >= 11 is 6.48. The van der Waals surface area contributed by atoms with E-state index >= 15 is 0 Å². The van der Waals surface area contributed by atoms with Crippen molar-refractivity contribution in [2.24, 2.45) is 0 Å². The summed E-state index contributed by atoms with van der Waals surface area (Å²) < 4.78 is 6.03. The Morgan fingerprint density at radius 3 is 2.73 bits per heavy atom. The van der Waals surface area contributed by atoms with Gasteiger partial charge in [0, 0.05) is 25.7 Å². The van der Waals surface area contributed by atoms with Crippen molar-refractivity contribution < 1.29 is 9.84 Å². The van der Waals surface area contributed by atoms with E-state index in [1.165, 1.54) is 11.3 Å². The third-order valence-electron chi connectivity index (χ3n) is 2.04. The van der Waals surface area contributed by atoms with Crippen LogP contribution in [-0.2, 0) is 0 Å². The van der Waals surface area contributed by atoms with E-state index in [9.17, 15) is 5.11 Å². The second-order valence-corrected chi connectivity index (χ2v) is 5.51. The Labute approximate surface area is 104 Å². The maximum Gasteiger partial charge on any atom is 0.129 e. The highest BCUT2D eigenvalue weighted by Gasteiger charge is 2.16. The Bertz CT molecular complexity index is 450. The van der Waals surface area contributed by atoms with Gasteiger partial charge in [-0.1, -0.05) is 0 Å². The highest BCUT2D eigenvalue weighted by Crippen LogP contribution is 2.35. The molecule has 2 aromatic heterocycles. The zero-order chi connectivity index (χ0) is 10.8. The minimum atomic E-state index is -0.570. The van der Waals surface area contributed by atoms with Gasteiger partial charge in [-0.3, -0.25) is 0 Å². The molecular formula is C10H9BrO2S2. The van der Waals surface area contributed by atoms with E-state index in [-0.39, 0.29) is 0 Å². The molecule has 1 unspecified atom stereocenters. The molecule has 2 rings (SSSR count). The molecule has 0 saturated heterocycles. The fourth-order valence-electron chi connectivity index (χ4n) is 1.22. The van der Waals surface area contributed by atoms with E-state index < -0.39 is 6.10 Å². The van der Waals surface area contributed by atoms with Gasteiger partial charge in [-0.15, -0.1) is 11.3 Å². The summed E-state index contributed by atoms with van der Waals surface area (Å²) in [6.45, 7) is 0. The van der Waals surface area contributed by atoms with Crippen molar-refractivity contribution in [2.45, 2.75) is 6.10 Å². The fraction of sp³-hybridized carbons (Fsp3) is 0.200. The molecule has 1 N–H and O–H groups in total. The van der Waals surface area contributed by atoms with Crippen LogP contribution in [0.1, 0.15) is 16.5 Å². The Balaban J connectivity index is 2.28. The van der Waals surface area contributed by atoms with Crippen LogP contribution in [0.5, 0.6) is 5.75 Å². The smallest absolute Gasteiger partial charge is 0.129 e. The summed E-state index contributed by atoms with van der Waals surface area (Å²) in [7, 11) is 1.62. The molecule has 0 aromatic carbocycles. The highest BCUT2D eigenvalue weighted by atomic mass is 79.9. The van der Waals surface area contributed by atoms with E-state index in [2.05, 4.69) is 15.9 Å². The first-order valence-electron chi connectivity index (χ1n) is 4.24. The normalized spacial score (nSPS) is 12.7. The van der Waals surface area contributed by atoms with Gasteiger partial charge < -0.3 is 9.84 Å². The van der Waals surface area contributed by atoms with Crippen molar-refractivity contribution in [2.75, 3.05) is 7.11 Å². The van der Waals surface area contributed by atoms with Crippen LogP contribution in [-0.4, -0.2) is 12.2 Å². The number of hydrogen-bond donors (Lipinski definition) is 1. The molecule has 0 fully saturated rings. The molecule has 0 bridgehead atoms. The Hall–Kier alpha value is -0.360. The fourth-order valence-corrected chi connectivity index (χ4v) is 3.61. The molecule has 0 aliphatic rings. The van der Waals surface area contributed by atoms with E-state index in [0.717, 1.165) is 20.7 Å². The molecule has 5 heteroatoms. The summed E-state index contributed by atoms with van der Waals surface area (Å²) in [5.74, 6) is 0.792. The predicted octanol–water partition coefficient (Wildman–Crippen LogP) is 3.66. The number of thiophene rings is 2. The lowest BCUT2D eigenvalue weighted by Gasteiger charge is -2.06. The lowest BCUT2D eigenvalue weighted by Crippen LogP contribution is -1.95. The van der Waals surface area contributed by atoms with Crippen LogP contribution in [0, 0.1) is 0 Å². The molecule has 0 spiro atoms. The third kappa shape index (κ3) is 2.25. The molecule has 0 aliphatic heterocycles. The van der Waals surface area contributed by atoms with Gasteiger partial charge in [-0.05, 0) is 27.4 Å². The van der Waals surface area contributed by atoms with Crippen molar-refractivity contribution in [3.63, 3.8) is 0 Å². The molecule has 15 heavy (non-hydrogen) atoms. The molecule has 1 atom stereocenters. The van der Waals surface area contributed by atoms with Crippen LogP contribution in [0.15, 0.2) is 26.7 Å². The van der Waals surface area contributed by atoms with E-state index in [1.54, 1.807) is 18.4 Å². The van der Waals surface area contributed by atoms with Crippen LogP contribution in [0.3, 0.4) is 0 Å². The second kappa shape index (κ2) is 4.65. The van der Waals surface area contributed by atoms with Gasteiger partial charge in [-0.2, -0.15) is 11.3 Å². The zero-order valence-electron chi connectivity index (χ0n) is 7.94. The van der Waals surface area contributed by atoms with Crippen LogP contribution in [0.2, 0.25) is 0 Å². The topological polar surface area (TPSA) is 29.5 Å². The SMILES string of the molecule is COc1csc(C(O)c2cscc2Br)c1. The summed E-state index contributed by atoms with van der Waals surface area (Å²) in [5.41, 5.74) is 0.907. The molecule has 80 valence electrons. The standard InChI is InChI=1S/C10H9BrO2S2/c1-13-6-2-9(15-3-6)10(12)7-4-14-5-8(7)11/h2-5,10,12H,1H3. The summed E-state index contributed by atoms with van der Waals surface area (Å²) in [5, 5.41) is 15.9. The van der Waals surface area contributed by atoms with Gasteiger partial charge in [0.15, 0.2) is 0 Å². The molecule has 2 aromatic rings. The van der Waals surface area contributed by atoms with E-state index in [0.29, 0.717) is 0 Å². The van der Waals surface area contributed by atoms with Crippen LogP contribution < -0.4 is 4.74 Å². The minimum absolute atomic E-state index is 0.570. The van der Waals surface area contributed by atoms with Crippen molar-refractivity contribution in [1.29, 1.82) is 0 Å². The summed E-state index contributed by atoms with van der Waals surface area (Å²) in [6, 6.07) is 1.86. The number of aliphatic hydroxyl groups excluding tert-OH is 1. The molecule has 2 heterocycles. The molecule has 0 saturated carbocycles. The van der Waals surface area contributed by atoms with Crippen LogP contribution in [0.4, 0.5) is 0 Å². The van der Waals surface area contributed by atoms with Crippen molar-refractivity contribution >= 4 is 38.6 Å². The first-order valence-corrected chi connectivity index (χ1v) is 6.86. The molecule has 2 nitrogen and oxygen atoms in total. The molecule has 0 amide bonds. The Kier molecular flexibility index (Phi) is 3.45. The number of methoxy groups -OCH3 is 1. The van der Waals surface area contributed by atoms with Gasteiger partial charge in [-0.25, -0.2) is 0 Å². The quantitative estimate of drug-likeness (QED) is 0.937. The number of rotatable bonds is 3. The van der Waals surface area contributed by atoms with E-state index in [1.807, 2.05) is 22.2 Å². The average Bonchev–Trinajstić information content (AvgIpc) is 2.84. The van der Waals surface area contributed by atoms with Crippen molar-refractivity contribution in [1.82, 2.24) is 0 Å². The van der Waals surface area contributed by atoms with Crippen LogP contribution in [0.25, 0.3) is 0 Å². The number of hydrogen-bond acceptors (Lipinski definition) is 4.